The van der Waals surface area contributed by atoms with Crippen molar-refractivity contribution >= 4 is 0 Å². The van der Waals surface area contributed by atoms with E-state index in [1.54, 1.807) is 0 Å². The molecule has 0 spiro atoms. The first-order valence-corrected chi connectivity index (χ1v) is 8.80. The first-order valence-electron chi connectivity index (χ1n) is 8.80. The average Bonchev–Trinajstić information content (AvgIpc) is 2.99. The molecule has 6 heteroatoms. The van der Waals surface area contributed by atoms with E-state index in [9.17, 15) is 4.39 Å². The predicted molar refractivity (Wildman–Crippen MR) is 96.1 cm³/mol. The lowest BCUT2D eigenvalue weighted by Crippen LogP contribution is -2.48. The Morgan fingerprint density at radius 1 is 1.32 bits per heavy atom. The number of aromatic nitrogens is 1. The second-order valence-corrected chi connectivity index (χ2v) is 6.81. The Balaban J connectivity index is 1.44. The molecule has 0 saturated carbocycles. The molecular weight excluding hydrogens is 317 g/mol. The summed E-state index contributed by atoms with van der Waals surface area (Å²) in [4.78, 5) is 6.94. The summed E-state index contributed by atoms with van der Waals surface area (Å²) in [5.74, 6) is 0. The third-order valence-corrected chi connectivity index (χ3v) is 5.09. The summed E-state index contributed by atoms with van der Waals surface area (Å²) >= 11 is 0. The number of halogens is 1. The van der Waals surface area contributed by atoms with Crippen LogP contribution in [0, 0.1) is 0 Å². The molecule has 3 aliphatic rings. The van der Waals surface area contributed by atoms with E-state index in [1.165, 1.54) is 16.8 Å². The third kappa shape index (κ3) is 3.32. The number of hydrogen-bond donors (Lipinski definition) is 2. The maximum Gasteiger partial charge on any atom is 0.113 e. The zero-order valence-electron chi connectivity index (χ0n) is 14.5. The first kappa shape index (κ1) is 16.3. The zero-order chi connectivity index (χ0) is 17.2. The van der Waals surface area contributed by atoms with Crippen molar-refractivity contribution in [1.82, 2.24) is 25.6 Å². The van der Waals surface area contributed by atoms with Crippen LogP contribution in [0.1, 0.15) is 18.7 Å². The van der Waals surface area contributed by atoms with E-state index in [4.69, 9.17) is 0 Å². The second-order valence-electron chi connectivity index (χ2n) is 6.81. The second kappa shape index (κ2) is 6.98. The number of pyridine rings is 1. The van der Waals surface area contributed by atoms with Gasteiger partial charge in [-0.1, -0.05) is 18.2 Å². The maximum atomic E-state index is 12.7. The van der Waals surface area contributed by atoms with E-state index >= 15 is 0 Å². The van der Waals surface area contributed by atoms with Crippen molar-refractivity contribution in [3.8, 4) is 0 Å². The Labute approximate surface area is 147 Å². The summed E-state index contributed by atoms with van der Waals surface area (Å²) in [6.45, 7) is 5.56. The number of alkyl halides is 1. The molecule has 25 heavy (non-hydrogen) atoms. The van der Waals surface area contributed by atoms with Crippen molar-refractivity contribution in [2.45, 2.75) is 19.0 Å². The minimum atomic E-state index is -0.369. The van der Waals surface area contributed by atoms with Crippen molar-refractivity contribution in [2.24, 2.45) is 0 Å². The molecule has 132 valence electrons. The lowest BCUT2D eigenvalue weighted by Gasteiger charge is -2.36. The fourth-order valence-corrected chi connectivity index (χ4v) is 3.63. The Hall–Kier alpha value is -2.18. The number of dihydropyridines is 1. The Morgan fingerprint density at radius 2 is 2.24 bits per heavy atom. The monoisotopic (exact) mass is 341 g/mol. The molecule has 0 amide bonds. The summed E-state index contributed by atoms with van der Waals surface area (Å²) in [6, 6.07) is 6.04. The van der Waals surface area contributed by atoms with Crippen molar-refractivity contribution in [2.75, 3.05) is 32.9 Å². The molecule has 2 N–H and O–H groups in total. The first-order chi connectivity index (χ1) is 12.2. The van der Waals surface area contributed by atoms with Crippen LogP contribution < -0.4 is 10.7 Å². The summed E-state index contributed by atoms with van der Waals surface area (Å²) in [6.07, 6.45) is 7.74. The quantitative estimate of drug-likeness (QED) is 0.876. The molecule has 4 rings (SSSR count). The molecule has 4 heterocycles. The van der Waals surface area contributed by atoms with Gasteiger partial charge in [-0.3, -0.25) is 9.88 Å². The number of hydrazine groups is 1. The zero-order valence-corrected chi connectivity index (χ0v) is 14.5. The van der Waals surface area contributed by atoms with Gasteiger partial charge in [0.1, 0.15) is 6.67 Å². The largest absolute Gasteiger partial charge is 0.382 e. The SMILES string of the molecule is CC1=C2CN(CC3=CNC(CF)C=C3)CCN2NC1c1ccccn1. The molecule has 1 saturated heterocycles. The van der Waals surface area contributed by atoms with Crippen LogP contribution in [0.25, 0.3) is 0 Å². The van der Waals surface area contributed by atoms with Crippen LogP contribution in [0.3, 0.4) is 0 Å². The van der Waals surface area contributed by atoms with E-state index in [1.807, 2.05) is 36.7 Å². The topological polar surface area (TPSA) is 43.4 Å². The number of rotatable bonds is 4. The fraction of sp³-hybridized carbons (Fsp3) is 0.421. The van der Waals surface area contributed by atoms with E-state index in [-0.39, 0.29) is 18.8 Å². The molecule has 2 unspecified atom stereocenters. The summed E-state index contributed by atoms with van der Waals surface area (Å²) < 4.78 is 12.7. The minimum absolute atomic E-state index is 0.164. The van der Waals surface area contributed by atoms with Crippen LogP contribution in [-0.4, -0.2) is 53.8 Å². The fourth-order valence-electron chi connectivity index (χ4n) is 3.63. The lowest BCUT2D eigenvalue weighted by molar-refractivity contribution is 0.151. The van der Waals surface area contributed by atoms with Gasteiger partial charge < -0.3 is 10.3 Å². The number of nitrogens with zero attached hydrogens (tertiary/aromatic N) is 3. The van der Waals surface area contributed by atoms with Crippen LogP contribution in [0.2, 0.25) is 0 Å². The molecule has 5 nitrogen and oxygen atoms in total. The van der Waals surface area contributed by atoms with E-state index in [0.717, 1.165) is 31.9 Å². The highest BCUT2D eigenvalue weighted by Crippen LogP contribution is 2.32. The molecule has 0 bridgehead atoms. The van der Waals surface area contributed by atoms with Gasteiger partial charge in [-0.05, 0) is 30.2 Å². The summed E-state index contributed by atoms with van der Waals surface area (Å²) in [7, 11) is 0. The van der Waals surface area contributed by atoms with Gasteiger partial charge in [-0.25, -0.2) is 9.82 Å². The molecule has 0 aliphatic carbocycles. The van der Waals surface area contributed by atoms with Gasteiger partial charge in [0.15, 0.2) is 0 Å². The van der Waals surface area contributed by atoms with Gasteiger partial charge in [-0.2, -0.15) is 0 Å². The van der Waals surface area contributed by atoms with Crippen molar-refractivity contribution in [1.29, 1.82) is 0 Å². The molecule has 1 aromatic rings. The molecule has 0 radical (unpaired) electrons. The highest BCUT2D eigenvalue weighted by molar-refractivity contribution is 5.31. The van der Waals surface area contributed by atoms with Crippen molar-refractivity contribution in [3.63, 3.8) is 0 Å². The van der Waals surface area contributed by atoms with E-state index < -0.39 is 0 Å². The minimum Gasteiger partial charge on any atom is -0.382 e. The van der Waals surface area contributed by atoms with E-state index in [0.29, 0.717) is 0 Å². The standard InChI is InChI=1S/C19H24FN5/c1-14-18-13-24(12-15-5-6-16(10-20)22-11-15)8-9-25(18)23-19(14)17-4-2-3-7-21-17/h2-7,11,16,19,22-23H,8-10,12-13H2,1H3. The van der Waals surface area contributed by atoms with Crippen LogP contribution in [0.15, 0.2) is 59.6 Å². The van der Waals surface area contributed by atoms with Gasteiger partial charge in [-0.15, -0.1) is 0 Å². The van der Waals surface area contributed by atoms with Gasteiger partial charge in [0, 0.05) is 44.3 Å². The van der Waals surface area contributed by atoms with Gasteiger partial charge in [0.05, 0.1) is 17.8 Å². The average molecular weight is 341 g/mol. The Morgan fingerprint density at radius 3 is 2.96 bits per heavy atom. The molecule has 1 fully saturated rings. The van der Waals surface area contributed by atoms with Crippen LogP contribution in [0.4, 0.5) is 4.39 Å². The summed E-state index contributed by atoms with van der Waals surface area (Å²) in [5.41, 5.74) is 8.53. The van der Waals surface area contributed by atoms with E-state index in [2.05, 4.69) is 38.6 Å². The molecular formula is C19H24FN5. The normalized spacial score (nSPS) is 26.5. The van der Waals surface area contributed by atoms with Crippen LogP contribution >= 0.6 is 0 Å². The Kier molecular flexibility index (Phi) is 4.55. The third-order valence-electron chi connectivity index (χ3n) is 5.09. The number of hydrogen-bond acceptors (Lipinski definition) is 5. The summed E-state index contributed by atoms with van der Waals surface area (Å²) in [5, 5.41) is 5.37. The number of piperazine rings is 1. The smallest absolute Gasteiger partial charge is 0.113 e. The van der Waals surface area contributed by atoms with Crippen LogP contribution in [0.5, 0.6) is 0 Å². The molecule has 0 aromatic carbocycles. The van der Waals surface area contributed by atoms with Gasteiger partial charge in [0.2, 0.25) is 0 Å². The van der Waals surface area contributed by atoms with Crippen LogP contribution in [-0.2, 0) is 0 Å². The maximum absolute atomic E-state index is 12.7. The number of fused-ring (bicyclic) bond motifs is 1. The molecule has 1 aromatic heterocycles. The number of nitrogens with one attached hydrogen (secondary N) is 2. The van der Waals surface area contributed by atoms with Crippen molar-refractivity contribution in [3.05, 3.63) is 65.3 Å². The Bertz CT molecular complexity index is 712. The lowest BCUT2D eigenvalue weighted by atomic mass is 10.0. The molecule has 3 aliphatic heterocycles. The predicted octanol–water partition coefficient (Wildman–Crippen LogP) is 1.91. The van der Waals surface area contributed by atoms with Gasteiger partial charge >= 0.3 is 0 Å². The molecule has 2 atom stereocenters. The highest BCUT2D eigenvalue weighted by Gasteiger charge is 2.33. The van der Waals surface area contributed by atoms with Crippen molar-refractivity contribution < 1.29 is 4.39 Å². The van der Waals surface area contributed by atoms with Gasteiger partial charge in [0.25, 0.3) is 0 Å². The highest BCUT2D eigenvalue weighted by atomic mass is 19.1.